The topological polar surface area (TPSA) is 49.4 Å². The Kier molecular flexibility index (Phi) is 3.39. The molecule has 2 aliphatic rings. The number of sulfone groups is 1. The normalized spacial score (nSPS) is 21.8. The van der Waals surface area contributed by atoms with Gasteiger partial charge in [-0.3, -0.25) is 4.90 Å². The lowest BCUT2D eigenvalue weighted by Crippen LogP contribution is -2.70. The van der Waals surface area contributed by atoms with Crippen molar-refractivity contribution in [2.24, 2.45) is 5.41 Å². The molecule has 1 aromatic rings. The predicted octanol–water partition coefficient (Wildman–Crippen LogP) is 1.27. The minimum Gasteiger partial charge on any atom is -0.315 e. The zero-order valence-corrected chi connectivity index (χ0v) is 12.9. The fourth-order valence-electron chi connectivity index (χ4n) is 3.07. The van der Waals surface area contributed by atoms with Gasteiger partial charge in [-0.15, -0.1) is 0 Å². The van der Waals surface area contributed by atoms with Gasteiger partial charge >= 0.3 is 0 Å². The zero-order valence-electron chi connectivity index (χ0n) is 12.1. The lowest BCUT2D eigenvalue weighted by atomic mass is 9.74. The highest BCUT2D eigenvalue weighted by Gasteiger charge is 2.47. The second-order valence-electron chi connectivity index (χ2n) is 6.49. The molecule has 1 aromatic carbocycles. The number of nitrogens with one attached hydrogen (secondary N) is 1. The number of nitrogens with zero attached hydrogens (tertiary/aromatic N) is 1. The summed E-state index contributed by atoms with van der Waals surface area (Å²) in [5.41, 5.74) is 1.61. The van der Waals surface area contributed by atoms with Gasteiger partial charge in [0, 0.05) is 38.1 Å². The Morgan fingerprint density at radius 2 is 2.00 bits per heavy atom. The van der Waals surface area contributed by atoms with Crippen molar-refractivity contribution >= 4 is 9.84 Å². The van der Waals surface area contributed by atoms with Crippen LogP contribution in [0.3, 0.4) is 0 Å². The molecular weight excluding hydrogens is 272 g/mol. The lowest BCUT2D eigenvalue weighted by Gasteiger charge is -2.56. The first-order chi connectivity index (χ1) is 9.41. The lowest BCUT2D eigenvalue weighted by molar-refractivity contribution is -0.0444. The van der Waals surface area contributed by atoms with E-state index in [1.54, 1.807) is 19.9 Å². The van der Waals surface area contributed by atoms with Gasteiger partial charge in [-0.25, -0.2) is 8.42 Å². The quantitative estimate of drug-likeness (QED) is 0.909. The average Bonchev–Trinajstić information content (AvgIpc) is 2.31. The van der Waals surface area contributed by atoms with E-state index in [9.17, 15) is 8.42 Å². The summed E-state index contributed by atoms with van der Waals surface area (Å²) in [6.07, 6.45) is 0. The Bertz CT molecular complexity index is 598. The molecule has 4 nitrogen and oxygen atoms in total. The van der Waals surface area contributed by atoms with E-state index in [1.165, 1.54) is 0 Å². The molecule has 2 heterocycles. The van der Waals surface area contributed by atoms with Crippen LogP contribution in [0.15, 0.2) is 29.2 Å². The number of rotatable bonds is 4. The molecule has 0 saturated carbocycles. The Morgan fingerprint density at radius 1 is 1.30 bits per heavy atom. The van der Waals surface area contributed by atoms with Crippen molar-refractivity contribution in [1.29, 1.82) is 0 Å². The van der Waals surface area contributed by atoms with Crippen LogP contribution >= 0.6 is 0 Å². The molecule has 110 valence electrons. The molecule has 0 atom stereocenters. The van der Waals surface area contributed by atoms with Gasteiger partial charge in [0.1, 0.15) is 0 Å². The van der Waals surface area contributed by atoms with Crippen molar-refractivity contribution in [3.8, 4) is 0 Å². The molecular formula is C15H22N2O2S. The minimum absolute atomic E-state index is 0.369. The predicted molar refractivity (Wildman–Crippen MR) is 79.3 cm³/mol. The molecule has 0 bridgehead atoms. The molecule has 1 N–H and O–H groups in total. The minimum atomic E-state index is -3.17. The highest BCUT2D eigenvalue weighted by atomic mass is 32.2. The van der Waals surface area contributed by atoms with Crippen LogP contribution < -0.4 is 5.32 Å². The molecule has 0 unspecified atom stereocenters. The highest BCUT2D eigenvalue weighted by Crippen LogP contribution is 2.35. The SMILES string of the molecule is CC(C)S(=O)(=O)c1cccc(CN2CC3(CNC3)C2)c1. The smallest absolute Gasteiger partial charge is 0.180 e. The summed E-state index contributed by atoms with van der Waals surface area (Å²) in [5.74, 6) is 0. The van der Waals surface area contributed by atoms with E-state index in [-0.39, 0.29) is 5.25 Å². The molecule has 2 fully saturated rings. The van der Waals surface area contributed by atoms with Gasteiger partial charge in [0.05, 0.1) is 10.1 Å². The fraction of sp³-hybridized carbons (Fsp3) is 0.600. The van der Waals surface area contributed by atoms with Crippen LogP contribution in [0.5, 0.6) is 0 Å². The molecule has 1 spiro atoms. The van der Waals surface area contributed by atoms with E-state index < -0.39 is 9.84 Å². The van der Waals surface area contributed by atoms with Crippen LogP contribution in [0.25, 0.3) is 0 Å². The molecule has 3 rings (SSSR count). The van der Waals surface area contributed by atoms with E-state index in [2.05, 4.69) is 10.2 Å². The molecule has 0 aliphatic carbocycles. The number of hydrogen-bond donors (Lipinski definition) is 1. The second-order valence-corrected chi connectivity index (χ2v) is 8.99. The molecule has 0 aromatic heterocycles. The van der Waals surface area contributed by atoms with Crippen molar-refractivity contribution in [3.05, 3.63) is 29.8 Å². The first kappa shape index (κ1) is 14.0. The van der Waals surface area contributed by atoms with E-state index in [0.29, 0.717) is 10.3 Å². The summed E-state index contributed by atoms with van der Waals surface area (Å²) in [6, 6.07) is 7.40. The standard InChI is InChI=1S/C15H22N2O2S/c1-12(2)20(18,19)14-5-3-4-13(6-14)7-17-10-15(11-17)8-16-9-15/h3-6,12,16H,7-11H2,1-2H3. The maximum atomic E-state index is 12.2. The van der Waals surface area contributed by atoms with Crippen LogP contribution in [0.1, 0.15) is 19.4 Å². The van der Waals surface area contributed by atoms with E-state index >= 15 is 0 Å². The van der Waals surface area contributed by atoms with Gasteiger partial charge in [-0.05, 0) is 31.5 Å². The van der Waals surface area contributed by atoms with E-state index in [1.807, 2.05) is 18.2 Å². The van der Waals surface area contributed by atoms with Crippen molar-refractivity contribution in [3.63, 3.8) is 0 Å². The molecule has 5 heteroatoms. The van der Waals surface area contributed by atoms with Crippen LogP contribution in [-0.2, 0) is 16.4 Å². The third kappa shape index (κ3) is 2.38. The summed E-state index contributed by atoms with van der Waals surface area (Å²) >= 11 is 0. The highest BCUT2D eigenvalue weighted by molar-refractivity contribution is 7.92. The molecule has 2 aliphatic heterocycles. The van der Waals surface area contributed by atoms with E-state index in [0.717, 1.165) is 38.3 Å². The summed E-state index contributed by atoms with van der Waals surface area (Å²) < 4.78 is 24.4. The third-order valence-electron chi connectivity index (χ3n) is 4.37. The van der Waals surface area contributed by atoms with Crippen LogP contribution in [0, 0.1) is 5.41 Å². The first-order valence-corrected chi connectivity index (χ1v) is 8.72. The number of hydrogen-bond acceptors (Lipinski definition) is 4. The Balaban J connectivity index is 1.69. The Morgan fingerprint density at radius 3 is 2.55 bits per heavy atom. The molecule has 2 saturated heterocycles. The van der Waals surface area contributed by atoms with E-state index in [4.69, 9.17) is 0 Å². The maximum absolute atomic E-state index is 12.2. The van der Waals surface area contributed by atoms with Gasteiger partial charge in [0.15, 0.2) is 9.84 Å². The van der Waals surface area contributed by atoms with Gasteiger partial charge in [-0.2, -0.15) is 0 Å². The van der Waals surface area contributed by atoms with Crippen molar-refractivity contribution in [2.75, 3.05) is 26.2 Å². The largest absolute Gasteiger partial charge is 0.315 e. The number of likely N-dealkylation sites (tertiary alicyclic amines) is 1. The van der Waals surface area contributed by atoms with Crippen LogP contribution in [-0.4, -0.2) is 44.7 Å². The summed E-state index contributed by atoms with van der Waals surface area (Å²) in [5, 5.41) is 2.95. The maximum Gasteiger partial charge on any atom is 0.180 e. The van der Waals surface area contributed by atoms with Gasteiger partial charge in [0.2, 0.25) is 0 Å². The molecule has 0 radical (unpaired) electrons. The monoisotopic (exact) mass is 294 g/mol. The van der Waals surface area contributed by atoms with Gasteiger partial charge in [0.25, 0.3) is 0 Å². The number of benzene rings is 1. The second kappa shape index (κ2) is 4.83. The molecule has 20 heavy (non-hydrogen) atoms. The Labute approximate surface area is 121 Å². The summed E-state index contributed by atoms with van der Waals surface area (Å²) in [4.78, 5) is 2.84. The Hall–Kier alpha value is -0.910. The van der Waals surface area contributed by atoms with Gasteiger partial charge in [-0.1, -0.05) is 12.1 Å². The fourth-order valence-corrected chi connectivity index (χ4v) is 4.20. The van der Waals surface area contributed by atoms with Crippen LogP contribution in [0.4, 0.5) is 0 Å². The average molecular weight is 294 g/mol. The molecule has 0 amide bonds. The van der Waals surface area contributed by atoms with Gasteiger partial charge < -0.3 is 5.32 Å². The van der Waals surface area contributed by atoms with Crippen molar-refractivity contribution in [1.82, 2.24) is 10.2 Å². The summed E-state index contributed by atoms with van der Waals surface area (Å²) in [7, 11) is -3.17. The van der Waals surface area contributed by atoms with Crippen molar-refractivity contribution < 1.29 is 8.42 Å². The third-order valence-corrected chi connectivity index (χ3v) is 6.52. The zero-order chi connectivity index (χ0) is 14.4. The van der Waals surface area contributed by atoms with Crippen LogP contribution in [0.2, 0.25) is 0 Å². The summed E-state index contributed by atoms with van der Waals surface area (Å²) in [6.45, 7) is 8.82. The first-order valence-electron chi connectivity index (χ1n) is 7.17. The van der Waals surface area contributed by atoms with Crippen molar-refractivity contribution in [2.45, 2.75) is 30.5 Å².